The minimum absolute atomic E-state index is 0.698. The van der Waals surface area contributed by atoms with Crippen molar-refractivity contribution in [3.8, 4) is 0 Å². The lowest BCUT2D eigenvalue weighted by Crippen LogP contribution is -2.48. The topological polar surface area (TPSA) is 15.3 Å². The molecule has 0 spiro atoms. The van der Waals surface area contributed by atoms with Crippen LogP contribution in [-0.2, 0) is 0 Å². The molecule has 88 valence electrons. The minimum atomic E-state index is 0.698. The highest BCUT2D eigenvalue weighted by Crippen LogP contribution is 2.36. The molecule has 2 aliphatic rings. The van der Waals surface area contributed by atoms with E-state index < -0.39 is 0 Å². The van der Waals surface area contributed by atoms with E-state index in [0.29, 0.717) is 6.04 Å². The second-order valence-corrected chi connectivity index (χ2v) is 5.29. The lowest BCUT2D eigenvalue weighted by molar-refractivity contribution is 0.102. The zero-order valence-corrected chi connectivity index (χ0v) is 10.3. The number of nitrogens with one attached hydrogen (secondary N) is 1. The summed E-state index contributed by atoms with van der Waals surface area (Å²) in [5.41, 5.74) is 0. The van der Waals surface area contributed by atoms with Crippen molar-refractivity contribution >= 4 is 0 Å². The van der Waals surface area contributed by atoms with E-state index in [4.69, 9.17) is 0 Å². The first kappa shape index (κ1) is 11.4. The van der Waals surface area contributed by atoms with Crippen molar-refractivity contribution in [1.82, 2.24) is 10.2 Å². The van der Waals surface area contributed by atoms with Crippen molar-refractivity contribution in [2.24, 2.45) is 5.92 Å². The molecular weight excluding hydrogens is 184 g/mol. The molecule has 2 fully saturated rings. The molecular formula is C13H26N2. The number of fused-ring (bicyclic) bond motifs is 1. The molecule has 0 aromatic heterocycles. The molecule has 1 saturated carbocycles. The predicted octanol–water partition coefficient (Wildman–Crippen LogP) is 2.25. The number of rotatable bonds is 4. The first-order chi connectivity index (χ1) is 7.35. The summed E-state index contributed by atoms with van der Waals surface area (Å²) in [5, 5.41) is 3.44. The first-order valence-corrected chi connectivity index (χ1v) is 6.76. The van der Waals surface area contributed by atoms with Gasteiger partial charge < -0.3 is 5.32 Å². The van der Waals surface area contributed by atoms with Gasteiger partial charge in [-0.1, -0.05) is 13.3 Å². The van der Waals surface area contributed by atoms with Crippen LogP contribution in [0.4, 0.5) is 0 Å². The van der Waals surface area contributed by atoms with Gasteiger partial charge in [-0.2, -0.15) is 0 Å². The second kappa shape index (κ2) is 5.31. The second-order valence-electron chi connectivity index (χ2n) is 5.29. The van der Waals surface area contributed by atoms with E-state index in [2.05, 4.69) is 24.2 Å². The van der Waals surface area contributed by atoms with Gasteiger partial charge in [0, 0.05) is 18.6 Å². The van der Waals surface area contributed by atoms with Crippen LogP contribution in [0.15, 0.2) is 0 Å². The minimum Gasteiger partial charge on any atom is -0.316 e. The SMILES string of the molecule is CCC(CN1CCCC2CCCC21)NC. The maximum Gasteiger partial charge on any atom is 0.0189 e. The van der Waals surface area contributed by atoms with Crippen molar-refractivity contribution in [3.05, 3.63) is 0 Å². The average Bonchev–Trinajstić information content (AvgIpc) is 2.74. The van der Waals surface area contributed by atoms with E-state index in [1.54, 1.807) is 0 Å². The molecule has 2 nitrogen and oxygen atoms in total. The average molecular weight is 210 g/mol. The number of likely N-dealkylation sites (tertiary alicyclic amines) is 1. The van der Waals surface area contributed by atoms with Gasteiger partial charge in [0.15, 0.2) is 0 Å². The molecule has 1 saturated heterocycles. The van der Waals surface area contributed by atoms with Gasteiger partial charge in [-0.25, -0.2) is 0 Å². The molecule has 0 amide bonds. The van der Waals surface area contributed by atoms with Crippen molar-refractivity contribution in [2.45, 2.75) is 57.5 Å². The van der Waals surface area contributed by atoms with Crippen LogP contribution in [-0.4, -0.2) is 37.1 Å². The summed E-state index contributed by atoms with van der Waals surface area (Å²) in [4.78, 5) is 2.77. The molecule has 3 unspecified atom stereocenters. The Hall–Kier alpha value is -0.0800. The van der Waals surface area contributed by atoms with Crippen LogP contribution < -0.4 is 5.32 Å². The number of hydrogen-bond donors (Lipinski definition) is 1. The molecule has 3 atom stereocenters. The van der Waals surface area contributed by atoms with Crippen LogP contribution in [0.1, 0.15) is 45.4 Å². The summed E-state index contributed by atoms with van der Waals surface area (Å²) in [6, 6.07) is 1.63. The van der Waals surface area contributed by atoms with Gasteiger partial charge in [0.1, 0.15) is 0 Å². The molecule has 1 heterocycles. The number of hydrogen-bond acceptors (Lipinski definition) is 2. The monoisotopic (exact) mass is 210 g/mol. The summed E-state index contributed by atoms with van der Waals surface area (Å²) in [7, 11) is 2.10. The van der Waals surface area contributed by atoms with Gasteiger partial charge in [-0.3, -0.25) is 4.90 Å². The van der Waals surface area contributed by atoms with Gasteiger partial charge >= 0.3 is 0 Å². The third-order valence-electron chi connectivity index (χ3n) is 4.46. The third-order valence-corrected chi connectivity index (χ3v) is 4.46. The van der Waals surface area contributed by atoms with E-state index in [0.717, 1.165) is 12.0 Å². The van der Waals surface area contributed by atoms with E-state index in [1.807, 2.05) is 0 Å². The first-order valence-electron chi connectivity index (χ1n) is 6.76. The molecule has 2 rings (SSSR count). The largest absolute Gasteiger partial charge is 0.316 e. The van der Waals surface area contributed by atoms with E-state index >= 15 is 0 Å². The summed E-state index contributed by atoms with van der Waals surface area (Å²) in [6.07, 6.45) is 8.62. The van der Waals surface area contributed by atoms with Gasteiger partial charge in [0.25, 0.3) is 0 Å². The van der Waals surface area contributed by atoms with Crippen LogP contribution in [0.3, 0.4) is 0 Å². The van der Waals surface area contributed by atoms with Crippen molar-refractivity contribution in [1.29, 1.82) is 0 Å². The Balaban J connectivity index is 1.89. The van der Waals surface area contributed by atoms with Gasteiger partial charge in [0.2, 0.25) is 0 Å². The summed E-state index contributed by atoms with van der Waals surface area (Å²) < 4.78 is 0. The molecule has 2 heteroatoms. The molecule has 0 radical (unpaired) electrons. The van der Waals surface area contributed by atoms with Crippen molar-refractivity contribution < 1.29 is 0 Å². The highest BCUT2D eigenvalue weighted by Gasteiger charge is 2.35. The normalized spacial score (nSPS) is 34.0. The lowest BCUT2D eigenvalue weighted by atomic mass is 9.91. The fourth-order valence-corrected chi connectivity index (χ4v) is 3.49. The Bertz CT molecular complexity index is 189. The summed E-state index contributed by atoms with van der Waals surface area (Å²) in [6.45, 7) is 4.91. The third kappa shape index (κ3) is 2.54. The number of likely N-dealkylation sites (N-methyl/N-ethyl adjacent to an activating group) is 1. The van der Waals surface area contributed by atoms with Gasteiger partial charge in [-0.15, -0.1) is 0 Å². The van der Waals surface area contributed by atoms with E-state index in [1.165, 1.54) is 51.6 Å². The molecule has 15 heavy (non-hydrogen) atoms. The van der Waals surface area contributed by atoms with Crippen molar-refractivity contribution in [3.63, 3.8) is 0 Å². The number of piperidine rings is 1. The Labute approximate surface area is 94.4 Å². The zero-order chi connectivity index (χ0) is 10.7. The van der Waals surface area contributed by atoms with Crippen LogP contribution in [0.5, 0.6) is 0 Å². The Kier molecular flexibility index (Phi) is 4.04. The van der Waals surface area contributed by atoms with Crippen LogP contribution in [0.25, 0.3) is 0 Å². The maximum absolute atomic E-state index is 3.44. The molecule has 1 N–H and O–H groups in total. The quantitative estimate of drug-likeness (QED) is 0.765. The van der Waals surface area contributed by atoms with E-state index in [9.17, 15) is 0 Å². The Morgan fingerprint density at radius 1 is 1.27 bits per heavy atom. The molecule has 0 aromatic carbocycles. The van der Waals surface area contributed by atoms with Crippen LogP contribution in [0, 0.1) is 5.92 Å². The predicted molar refractivity (Wildman–Crippen MR) is 65.1 cm³/mol. The highest BCUT2D eigenvalue weighted by atomic mass is 15.2. The molecule has 1 aliphatic carbocycles. The van der Waals surface area contributed by atoms with Crippen LogP contribution in [0.2, 0.25) is 0 Å². The lowest BCUT2D eigenvalue weighted by Gasteiger charge is -2.39. The maximum atomic E-state index is 3.44. The summed E-state index contributed by atoms with van der Waals surface area (Å²) >= 11 is 0. The van der Waals surface area contributed by atoms with E-state index in [-0.39, 0.29) is 0 Å². The Morgan fingerprint density at radius 3 is 2.80 bits per heavy atom. The fourth-order valence-electron chi connectivity index (χ4n) is 3.49. The van der Waals surface area contributed by atoms with Gasteiger partial charge in [-0.05, 0) is 51.6 Å². The Morgan fingerprint density at radius 2 is 2.07 bits per heavy atom. The standard InChI is InChI=1S/C13H26N2/c1-3-12(14-2)10-15-9-5-7-11-6-4-8-13(11)15/h11-14H,3-10H2,1-2H3. The smallest absolute Gasteiger partial charge is 0.0189 e. The van der Waals surface area contributed by atoms with Gasteiger partial charge in [0.05, 0.1) is 0 Å². The highest BCUT2D eigenvalue weighted by molar-refractivity contribution is 4.90. The van der Waals surface area contributed by atoms with Crippen molar-refractivity contribution in [2.75, 3.05) is 20.1 Å². The fraction of sp³-hybridized carbons (Fsp3) is 1.00. The zero-order valence-electron chi connectivity index (χ0n) is 10.3. The van der Waals surface area contributed by atoms with Crippen LogP contribution >= 0.6 is 0 Å². The summed E-state index contributed by atoms with van der Waals surface area (Å²) in [5.74, 6) is 1.04. The number of nitrogens with zero attached hydrogens (tertiary/aromatic N) is 1. The molecule has 0 aromatic rings. The molecule has 0 bridgehead atoms. The molecule has 1 aliphatic heterocycles.